The van der Waals surface area contributed by atoms with Crippen molar-refractivity contribution in [1.29, 1.82) is 0 Å². The van der Waals surface area contributed by atoms with Crippen LogP contribution >= 0.6 is 0 Å². The molecular formula is C49H47FN8O10. The molecule has 6 aromatic rings. The highest BCUT2D eigenvalue weighted by atomic mass is 19.1. The predicted molar refractivity (Wildman–Crippen MR) is 241 cm³/mol. The molecule has 0 spiro atoms. The van der Waals surface area contributed by atoms with Crippen molar-refractivity contribution in [3.05, 3.63) is 120 Å². The number of ether oxygens (including phenoxy) is 2. The Hall–Kier alpha value is -7.38. The van der Waals surface area contributed by atoms with Gasteiger partial charge in [0, 0.05) is 60.4 Å². The first kappa shape index (κ1) is 43.2. The van der Waals surface area contributed by atoms with Gasteiger partial charge in [0.15, 0.2) is 17.5 Å². The molecule has 3 aromatic carbocycles. The van der Waals surface area contributed by atoms with Gasteiger partial charge in [0.05, 0.1) is 46.3 Å². The van der Waals surface area contributed by atoms with Gasteiger partial charge in [-0.1, -0.05) is 19.1 Å². The van der Waals surface area contributed by atoms with E-state index in [1.165, 1.54) is 21.3 Å². The number of likely N-dealkylation sites (tertiary alicyclic amines) is 2. The SMILES string of the molecule is CC[C@@]1(O)C(=O)OCc2c1cc1n(c2=O)Cc2c-1nc1cc(F)c(C)c3c1c2[C@@H](NC(=O)O[C@@H](C)C(=O)N1C[C@H]2C[C@@H]1CN2Cc1ccc(-n2c(-c4cc(C)c(O)cc4O)n[nH]c2=O)cc1)CC3. The topological polar surface area (TPSA) is 234 Å². The van der Waals surface area contributed by atoms with Crippen molar-refractivity contribution in [3.8, 4) is 40.0 Å². The van der Waals surface area contributed by atoms with E-state index < -0.39 is 46.9 Å². The largest absolute Gasteiger partial charge is 0.508 e. The fourth-order valence-electron chi connectivity index (χ4n) is 11.1. The molecule has 2 amide bonds. The van der Waals surface area contributed by atoms with Gasteiger partial charge in [0.25, 0.3) is 11.5 Å². The first-order valence-electron chi connectivity index (χ1n) is 22.7. The number of aromatic hydroxyl groups is 2. The van der Waals surface area contributed by atoms with Crippen LogP contribution in [0.25, 0.3) is 39.4 Å². The number of benzene rings is 3. The number of hydrogen-bond acceptors (Lipinski definition) is 13. The number of piperazine rings is 1. The van der Waals surface area contributed by atoms with Gasteiger partial charge < -0.3 is 39.6 Å². The molecule has 4 aliphatic heterocycles. The number of esters is 1. The van der Waals surface area contributed by atoms with E-state index >= 15 is 4.39 Å². The van der Waals surface area contributed by atoms with E-state index in [0.717, 1.165) is 17.5 Å². The number of rotatable bonds is 8. The number of amides is 2. The summed E-state index contributed by atoms with van der Waals surface area (Å²) in [4.78, 5) is 76.3. The Morgan fingerprint density at radius 1 is 1.03 bits per heavy atom. The number of aryl methyl sites for hydroxylation is 2. The van der Waals surface area contributed by atoms with Crippen LogP contribution in [0.3, 0.4) is 0 Å². The lowest BCUT2D eigenvalue weighted by Gasteiger charge is -2.35. The normalized spacial score (nSPS) is 21.6. The van der Waals surface area contributed by atoms with Gasteiger partial charge in [0.1, 0.15) is 23.9 Å². The Bertz CT molecular complexity index is 3310. The number of phenols is 2. The molecule has 19 heteroatoms. The third kappa shape index (κ3) is 6.53. The van der Waals surface area contributed by atoms with Crippen LogP contribution in [0.2, 0.25) is 0 Å². The molecule has 5 atom stereocenters. The minimum Gasteiger partial charge on any atom is -0.508 e. The Balaban J connectivity index is 0.777. The number of fused-ring (bicyclic) bond motifs is 7. The van der Waals surface area contributed by atoms with Gasteiger partial charge in [-0.05, 0) is 98.5 Å². The second kappa shape index (κ2) is 15.6. The molecule has 11 rings (SSSR count). The molecule has 18 nitrogen and oxygen atoms in total. The number of aromatic amines is 1. The predicted octanol–water partition coefficient (Wildman–Crippen LogP) is 4.38. The van der Waals surface area contributed by atoms with Crippen molar-refractivity contribution in [2.24, 2.45) is 0 Å². The van der Waals surface area contributed by atoms with E-state index in [0.29, 0.717) is 82.7 Å². The lowest BCUT2D eigenvalue weighted by Crippen LogP contribution is -2.51. The number of phenolic OH excluding ortho intramolecular Hbond substituents is 2. The fourth-order valence-corrected chi connectivity index (χ4v) is 11.1. The molecule has 350 valence electrons. The van der Waals surface area contributed by atoms with Crippen LogP contribution in [0.5, 0.6) is 11.5 Å². The molecule has 68 heavy (non-hydrogen) atoms. The standard InChI is InChI=1S/C49H47FN8O10/c1-5-49(66)33-14-37-42-31(20-57(37)45(62)32(33)21-67-46(49)63)41-35(11-10-29-23(3)34(50)15-36(51-42)40(29)41)52-48(65)68-24(4)44(61)56-19-27-13-28(56)18-55(27)17-25-6-8-26(9-7-25)58-43(53-54-47(58)64)30-12-22(2)38(59)16-39(30)60/h6-9,12,14-16,24,27-28,35,59-60,66H,5,10-11,13,17-21H2,1-4H3,(H,52,65)(H,54,64)/t24-,27+,28+,35-,49-/m0/s1. The molecule has 0 unspecified atom stereocenters. The Labute approximate surface area is 386 Å². The van der Waals surface area contributed by atoms with Crippen LogP contribution in [0.15, 0.2) is 58.1 Å². The number of carbonyl (C=O) groups excluding carboxylic acids is 3. The summed E-state index contributed by atoms with van der Waals surface area (Å²) in [6.45, 7) is 8.01. The number of pyridine rings is 2. The molecule has 5 aliphatic rings. The highest BCUT2D eigenvalue weighted by Gasteiger charge is 2.48. The number of aromatic nitrogens is 5. The number of alkyl carbamates (subject to hydrolysis) is 1. The summed E-state index contributed by atoms with van der Waals surface area (Å²) < 4.78 is 29.3. The van der Waals surface area contributed by atoms with Crippen molar-refractivity contribution in [3.63, 3.8) is 0 Å². The van der Waals surface area contributed by atoms with E-state index in [1.54, 1.807) is 56.9 Å². The summed E-state index contributed by atoms with van der Waals surface area (Å²) in [6.07, 6.45) is -0.385. The van der Waals surface area contributed by atoms with Crippen LogP contribution < -0.4 is 16.6 Å². The summed E-state index contributed by atoms with van der Waals surface area (Å²) in [6, 6.07) is 12.5. The van der Waals surface area contributed by atoms with E-state index in [4.69, 9.17) is 14.5 Å². The van der Waals surface area contributed by atoms with Gasteiger partial charge >= 0.3 is 17.8 Å². The van der Waals surface area contributed by atoms with Crippen LogP contribution in [0.1, 0.15) is 83.7 Å². The van der Waals surface area contributed by atoms with Gasteiger partial charge in [-0.2, -0.15) is 5.10 Å². The average molecular weight is 927 g/mol. The quantitative estimate of drug-likeness (QED) is 0.133. The summed E-state index contributed by atoms with van der Waals surface area (Å²) in [5, 5.41) is 42.2. The number of cyclic esters (lactones) is 1. The van der Waals surface area contributed by atoms with Gasteiger partial charge in [-0.3, -0.25) is 14.5 Å². The number of nitrogens with zero attached hydrogens (tertiary/aromatic N) is 6. The highest BCUT2D eigenvalue weighted by Crippen LogP contribution is 2.46. The van der Waals surface area contributed by atoms with Crippen molar-refractivity contribution in [2.45, 2.75) is 103 Å². The second-order valence-electron chi connectivity index (χ2n) is 18.6. The van der Waals surface area contributed by atoms with E-state index in [2.05, 4.69) is 20.4 Å². The third-order valence-electron chi connectivity index (χ3n) is 14.7. The van der Waals surface area contributed by atoms with Crippen LogP contribution in [-0.2, 0) is 50.8 Å². The molecule has 7 heterocycles. The van der Waals surface area contributed by atoms with E-state index in [-0.39, 0.29) is 71.6 Å². The maximum atomic E-state index is 15.4. The number of halogens is 1. The lowest BCUT2D eigenvalue weighted by molar-refractivity contribution is -0.172. The molecule has 0 saturated carbocycles. The average Bonchev–Trinajstić information content (AvgIpc) is 4.11. The van der Waals surface area contributed by atoms with Crippen molar-refractivity contribution >= 4 is 28.9 Å². The second-order valence-corrected chi connectivity index (χ2v) is 18.6. The Morgan fingerprint density at radius 3 is 2.54 bits per heavy atom. The van der Waals surface area contributed by atoms with Crippen molar-refractivity contribution in [2.75, 3.05) is 13.1 Å². The Morgan fingerprint density at radius 2 is 1.81 bits per heavy atom. The molecule has 3 aromatic heterocycles. The molecule has 0 radical (unpaired) electrons. The smallest absolute Gasteiger partial charge is 0.408 e. The number of H-pyrrole nitrogens is 1. The van der Waals surface area contributed by atoms with Crippen LogP contribution in [0, 0.1) is 19.7 Å². The summed E-state index contributed by atoms with van der Waals surface area (Å²) in [5.74, 6) is -1.70. The molecule has 2 saturated heterocycles. The molecular weight excluding hydrogens is 880 g/mol. The number of carbonyl (C=O) groups is 3. The minimum absolute atomic E-state index is 0.0266. The van der Waals surface area contributed by atoms with Gasteiger partial charge in [-0.25, -0.2) is 33.4 Å². The zero-order valence-electron chi connectivity index (χ0n) is 37.6. The van der Waals surface area contributed by atoms with Gasteiger partial charge in [0.2, 0.25) is 0 Å². The third-order valence-corrected chi connectivity index (χ3v) is 14.7. The highest BCUT2D eigenvalue weighted by molar-refractivity contribution is 5.94. The van der Waals surface area contributed by atoms with Gasteiger partial charge in [-0.15, -0.1) is 0 Å². The number of hydrogen-bond donors (Lipinski definition) is 5. The van der Waals surface area contributed by atoms with Crippen LogP contribution in [0.4, 0.5) is 9.18 Å². The fraction of sp³-hybridized carbons (Fsp3) is 0.367. The summed E-state index contributed by atoms with van der Waals surface area (Å²) in [7, 11) is 0. The zero-order valence-corrected chi connectivity index (χ0v) is 37.6. The molecule has 5 N–H and O–H groups in total. The molecule has 2 fully saturated rings. The first-order valence-corrected chi connectivity index (χ1v) is 22.7. The van der Waals surface area contributed by atoms with E-state index in [1.807, 2.05) is 12.1 Å². The van der Waals surface area contributed by atoms with Crippen LogP contribution in [-0.4, -0.2) is 98.7 Å². The van der Waals surface area contributed by atoms with E-state index in [9.17, 15) is 39.3 Å². The Kier molecular flexibility index (Phi) is 9.91. The zero-order chi connectivity index (χ0) is 47.7. The van der Waals surface area contributed by atoms with Crippen molar-refractivity contribution in [1.82, 2.24) is 39.4 Å². The monoisotopic (exact) mass is 926 g/mol. The van der Waals surface area contributed by atoms with Crippen molar-refractivity contribution < 1.29 is 43.6 Å². The minimum atomic E-state index is -2.03. The number of aliphatic hydroxyl groups is 1. The molecule has 2 bridgehead atoms. The lowest BCUT2D eigenvalue weighted by atomic mass is 9.81. The first-order chi connectivity index (χ1) is 32.5. The summed E-state index contributed by atoms with van der Waals surface area (Å²) in [5.41, 5.74) is 3.27. The molecule has 1 aliphatic carbocycles. The maximum Gasteiger partial charge on any atom is 0.408 e. The number of nitrogens with one attached hydrogen (secondary N) is 2. The maximum absolute atomic E-state index is 15.4. The summed E-state index contributed by atoms with van der Waals surface area (Å²) >= 11 is 0.